The Morgan fingerprint density at radius 1 is 1.32 bits per heavy atom. The molecule has 25 heavy (non-hydrogen) atoms. The smallest absolute Gasteiger partial charge is 0.250 e. The Balaban J connectivity index is 1.72. The summed E-state index contributed by atoms with van der Waals surface area (Å²) >= 11 is 7.61. The third kappa shape index (κ3) is 3.92. The van der Waals surface area contributed by atoms with Crippen molar-refractivity contribution >= 4 is 34.5 Å². The number of nitrogens with two attached hydrogens (primary N) is 1. The van der Waals surface area contributed by atoms with Gasteiger partial charge in [0.15, 0.2) is 0 Å². The largest absolute Gasteiger partial charge is 0.496 e. The number of aromatic nitrogens is 1. The van der Waals surface area contributed by atoms with E-state index in [1.807, 2.05) is 29.6 Å². The van der Waals surface area contributed by atoms with Crippen molar-refractivity contribution in [3.63, 3.8) is 0 Å². The van der Waals surface area contributed by atoms with E-state index in [-0.39, 0.29) is 0 Å². The first-order valence-electron chi connectivity index (χ1n) is 7.49. The van der Waals surface area contributed by atoms with Crippen LogP contribution in [0.3, 0.4) is 0 Å². The highest BCUT2D eigenvalue weighted by atomic mass is 35.5. The minimum absolute atomic E-state index is 0.305. The molecule has 0 radical (unpaired) electrons. The van der Waals surface area contributed by atoms with E-state index in [1.165, 1.54) is 0 Å². The number of thiazole rings is 1. The Morgan fingerprint density at radius 2 is 2.12 bits per heavy atom. The second-order valence-corrected chi connectivity index (χ2v) is 6.52. The number of hydrogen-bond donors (Lipinski definition) is 2. The number of carbonyl (C=O) groups excluding carboxylic acids is 1. The van der Waals surface area contributed by atoms with Crippen LogP contribution in [0.1, 0.15) is 16.1 Å². The standard InChI is InChI=1S/C18H16ClN3O2S/c1-24-16-5-3-2-4-14(16)18-22-12(10-25-18)9-21-11-6-7-13(17(20)23)15(19)8-11/h2-8,10,21H,9H2,1H3,(H2,20,23). The molecular weight excluding hydrogens is 358 g/mol. The van der Waals surface area contributed by atoms with Crippen LogP contribution in [0.25, 0.3) is 10.6 Å². The Bertz CT molecular complexity index is 911. The van der Waals surface area contributed by atoms with E-state index in [1.54, 1.807) is 36.6 Å². The molecular formula is C18H16ClN3O2S. The number of primary amides is 1. The van der Waals surface area contributed by atoms with Gasteiger partial charge in [-0.25, -0.2) is 4.98 Å². The lowest BCUT2D eigenvalue weighted by Crippen LogP contribution is -2.11. The number of benzene rings is 2. The minimum Gasteiger partial charge on any atom is -0.496 e. The Morgan fingerprint density at radius 3 is 2.84 bits per heavy atom. The minimum atomic E-state index is -0.544. The quantitative estimate of drug-likeness (QED) is 0.679. The van der Waals surface area contributed by atoms with E-state index >= 15 is 0 Å². The second kappa shape index (κ2) is 7.55. The molecule has 2 aromatic carbocycles. The zero-order valence-electron chi connectivity index (χ0n) is 13.5. The molecule has 3 N–H and O–H groups in total. The Hall–Kier alpha value is -2.57. The Labute approximate surface area is 154 Å². The molecule has 1 amide bonds. The molecule has 1 heterocycles. The number of halogens is 1. The lowest BCUT2D eigenvalue weighted by molar-refractivity contribution is 0.100. The number of para-hydroxylation sites is 1. The third-order valence-corrected chi connectivity index (χ3v) is 4.83. The first-order valence-corrected chi connectivity index (χ1v) is 8.75. The van der Waals surface area contributed by atoms with Gasteiger partial charge in [0.05, 0.1) is 35.5 Å². The summed E-state index contributed by atoms with van der Waals surface area (Å²) in [6.07, 6.45) is 0. The van der Waals surface area contributed by atoms with Crippen LogP contribution in [-0.2, 0) is 6.54 Å². The molecule has 1 aromatic heterocycles. The van der Waals surface area contributed by atoms with Crippen molar-refractivity contribution in [3.05, 3.63) is 64.1 Å². The number of hydrogen-bond acceptors (Lipinski definition) is 5. The number of amides is 1. The van der Waals surface area contributed by atoms with Crippen LogP contribution in [0, 0.1) is 0 Å². The number of ether oxygens (including phenoxy) is 1. The van der Waals surface area contributed by atoms with E-state index in [4.69, 9.17) is 22.1 Å². The monoisotopic (exact) mass is 373 g/mol. The van der Waals surface area contributed by atoms with Crippen molar-refractivity contribution in [2.45, 2.75) is 6.54 Å². The topological polar surface area (TPSA) is 77.2 Å². The molecule has 5 nitrogen and oxygen atoms in total. The van der Waals surface area contributed by atoms with E-state index in [0.717, 1.165) is 27.7 Å². The highest BCUT2D eigenvalue weighted by molar-refractivity contribution is 7.13. The summed E-state index contributed by atoms with van der Waals surface area (Å²) in [5, 5.41) is 6.46. The van der Waals surface area contributed by atoms with Crippen LogP contribution in [0.2, 0.25) is 5.02 Å². The van der Waals surface area contributed by atoms with Crippen molar-refractivity contribution in [3.8, 4) is 16.3 Å². The van der Waals surface area contributed by atoms with Gasteiger partial charge in [0.1, 0.15) is 10.8 Å². The Kier molecular flexibility index (Phi) is 5.21. The number of anilines is 1. The van der Waals surface area contributed by atoms with Crippen molar-refractivity contribution in [2.24, 2.45) is 5.73 Å². The first-order chi connectivity index (χ1) is 12.1. The normalized spacial score (nSPS) is 10.5. The van der Waals surface area contributed by atoms with E-state index < -0.39 is 5.91 Å². The third-order valence-electron chi connectivity index (χ3n) is 3.60. The van der Waals surface area contributed by atoms with Gasteiger partial charge in [-0.1, -0.05) is 23.7 Å². The van der Waals surface area contributed by atoms with Crippen molar-refractivity contribution in [1.82, 2.24) is 4.98 Å². The molecule has 0 aliphatic carbocycles. The second-order valence-electron chi connectivity index (χ2n) is 5.26. The summed E-state index contributed by atoms with van der Waals surface area (Å²) in [4.78, 5) is 15.8. The van der Waals surface area contributed by atoms with Gasteiger partial charge in [-0.3, -0.25) is 4.79 Å². The molecule has 3 aromatic rings. The molecule has 0 saturated heterocycles. The fraction of sp³-hybridized carbons (Fsp3) is 0.111. The lowest BCUT2D eigenvalue weighted by Gasteiger charge is -2.07. The molecule has 7 heteroatoms. The predicted octanol–water partition coefficient (Wildman–Crippen LogP) is 4.18. The van der Waals surface area contributed by atoms with Crippen LogP contribution in [0.4, 0.5) is 5.69 Å². The number of nitrogens with one attached hydrogen (secondary N) is 1. The van der Waals surface area contributed by atoms with Gasteiger partial charge >= 0.3 is 0 Å². The molecule has 3 rings (SSSR count). The number of nitrogens with zero attached hydrogens (tertiary/aromatic N) is 1. The van der Waals surface area contributed by atoms with Gasteiger partial charge in [-0.05, 0) is 30.3 Å². The van der Waals surface area contributed by atoms with Crippen molar-refractivity contribution < 1.29 is 9.53 Å². The molecule has 0 aliphatic heterocycles. The average molecular weight is 374 g/mol. The van der Waals surface area contributed by atoms with Gasteiger partial charge in [-0.15, -0.1) is 11.3 Å². The van der Waals surface area contributed by atoms with Crippen molar-refractivity contribution in [2.75, 3.05) is 12.4 Å². The van der Waals surface area contributed by atoms with E-state index in [2.05, 4.69) is 10.3 Å². The molecule has 0 bridgehead atoms. The average Bonchev–Trinajstić information content (AvgIpc) is 3.08. The lowest BCUT2D eigenvalue weighted by atomic mass is 10.2. The van der Waals surface area contributed by atoms with E-state index in [0.29, 0.717) is 17.1 Å². The van der Waals surface area contributed by atoms with Crippen LogP contribution in [0.15, 0.2) is 47.8 Å². The highest BCUT2D eigenvalue weighted by Crippen LogP contribution is 2.32. The van der Waals surface area contributed by atoms with Gasteiger partial charge in [0.2, 0.25) is 5.91 Å². The van der Waals surface area contributed by atoms with Crippen LogP contribution in [-0.4, -0.2) is 18.0 Å². The predicted molar refractivity (Wildman–Crippen MR) is 101 cm³/mol. The molecule has 0 aliphatic rings. The van der Waals surface area contributed by atoms with Crippen LogP contribution >= 0.6 is 22.9 Å². The van der Waals surface area contributed by atoms with Gasteiger partial charge in [-0.2, -0.15) is 0 Å². The van der Waals surface area contributed by atoms with Gasteiger partial charge in [0.25, 0.3) is 0 Å². The zero-order chi connectivity index (χ0) is 17.8. The maximum absolute atomic E-state index is 11.2. The maximum Gasteiger partial charge on any atom is 0.250 e. The molecule has 0 saturated carbocycles. The molecule has 128 valence electrons. The van der Waals surface area contributed by atoms with Crippen LogP contribution in [0.5, 0.6) is 5.75 Å². The van der Waals surface area contributed by atoms with Gasteiger partial charge < -0.3 is 15.8 Å². The van der Waals surface area contributed by atoms with Crippen LogP contribution < -0.4 is 15.8 Å². The van der Waals surface area contributed by atoms with E-state index in [9.17, 15) is 4.79 Å². The summed E-state index contributed by atoms with van der Waals surface area (Å²) in [7, 11) is 1.65. The fourth-order valence-corrected chi connectivity index (χ4v) is 3.47. The van der Waals surface area contributed by atoms with Crippen molar-refractivity contribution in [1.29, 1.82) is 0 Å². The number of carbonyl (C=O) groups is 1. The SMILES string of the molecule is COc1ccccc1-c1nc(CNc2ccc(C(N)=O)c(Cl)c2)cs1. The summed E-state index contributed by atoms with van der Waals surface area (Å²) in [6, 6.07) is 12.8. The molecule has 0 atom stereocenters. The highest BCUT2D eigenvalue weighted by Gasteiger charge is 2.10. The number of rotatable bonds is 6. The summed E-state index contributed by atoms with van der Waals surface area (Å²) in [5.41, 5.74) is 8.22. The zero-order valence-corrected chi connectivity index (χ0v) is 15.0. The summed E-state index contributed by atoms with van der Waals surface area (Å²) in [5.74, 6) is 0.252. The first kappa shape index (κ1) is 17.3. The maximum atomic E-state index is 11.2. The molecule has 0 spiro atoms. The fourth-order valence-electron chi connectivity index (χ4n) is 2.35. The number of methoxy groups -OCH3 is 1. The summed E-state index contributed by atoms with van der Waals surface area (Å²) < 4.78 is 5.38. The summed E-state index contributed by atoms with van der Waals surface area (Å²) in [6.45, 7) is 0.540. The van der Waals surface area contributed by atoms with Gasteiger partial charge in [0, 0.05) is 11.1 Å². The molecule has 0 unspecified atom stereocenters. The molecule has 0 fully saturated rings.